The number of thiophene rings is 1. The average Bonchev–Trinajstić information content (AvgIpc) is 3.06. The maximum Gasteiger partial charge on any atom is 0.319 e. The van der Waals surface area contributed by atoms with Crippen LogP contribution in [0.5, 0.6) is 0 Å². The molecule has 0 aliphatic carbocycles. The van der Waals surface area contributed by atoms with Gasteiger partial charge in [0.2, 0.25) is 5.91 Å². The molecule has 0 spiro atoms. The summed E-state index contributed by atoms with van der Waals surface area (Å²) in [6.45, 7) is 2.15. The quantitative estimate of drug-likeness (QED) is 0.790. The zero-order chi connectivity index (χ0) is 16.1. The molecule has 1 aromatic heterocycles. The summed E-state index contributed by atoms with van der Waals surface area (Å²) >= 11 is 1.40. The number of nitrogens with zero attached hydrogens (tertiary/aromatic N) is 3. The van der Waals surface area contributed by atoms with Gasteiger partial charge in [-0.25, -0.2) is 4.79 Å². The molecule has 22 heavy (non-hydrogen) atoms. The predicted octanol–water partition coefficient (Wildman–Crippen LogP) is 1.54. The number of carbonyl (C=O) groups is 3. The van der Waals surface area contributed by atoms with E-state index in [-0.39, 0.29) is 30.6 Å². The molecule has 0 aromatic carbocycles. The Bertz CT molecular complexity index is 534. The number of Topliss-reactive ketones (excluding diaryl/α,β-unsaturated/α-hetero) is 1. The molecule has 3 amide bonds. The van der Waals surface area contributed by atoms with Gasteiger partial charge in [-0.2, -0.15) is 0 Å². The Balaban J connectivity index is 1.76. The first-order valence-corrected chi connectivity index (χ1v) is 8.17. The van der Waals surface area contributed by atoms with Crippen LogP contribution < -0.4 is 0 Å². The molecule has 120 valence electrons. The van der Waals surface area contributed by atoms with E-state index in [4.69, 9.17) is 0 Å². The Morgan fingerprint density at radius 3 is 2.27 bits per heavy atom. The van der Waals surface area contributed by atoms with Crippen molar-refractivity contribution < 1.29 is 14.4 Å². The van der Waals surface area contributed by atoms with E-state index >= 15 is 0 Å². The molecule has 0 bridgehead atoms. The van der Waals surface area contributed by atoms with Crippen molar-refractivity contribution in [2.75, 3.05) is 40.3 Å². The molecule has 1 aromatic rings. The van der Waals surface area contributed by atoms with Gasteiger partial charge in [-0.15, -0.1) is 11.3 Å². The lowest BCUT2D eigenvalue weighted by atomic mass is 10.1. The van der Waals surface area contributed by atoms with Gasteiger partial charge in [0.15, 0.2) is 5.78 Å². The van der Waals surface area contributed by atoms with E-state index in [1.54, 1.807) is 30.0 Å². The highest BCUT2D eigenvalue weighted by molar-refractivity contribution is 7.12. The van der Waals surface area contributed by atoms with Gasteiger partial charge in [-0.05, 0) is 11.4 Å². The number of urea groups is 1. The Morgan fingerprint density at radius 2 is 1.73 bits per heavy atom. The predicted molar refractivity (Wildman–Crippen MR) is 85.1 cm³/mol. The molecule has 7 heteroatoms. The number of ketones is 1. The third kappa shape index (κ3) is 4.07. The van der Waals surface area contributed by atoms with Gasteiger partial charge in [0, 0.05) is 53.1 Å². The number of rotatable bonds is 4. The average molecular weight is 323 g/mol. The van der Waals surface area contributed by atoms with Gasteiger partial charge < -0.3 is 14.7 Å². The first-order chi connectivity index (χ1) is 10.5. The molecule has 6 nitrogen and oxygen atoms in total. The summed E-state index contributed by atoms with van der Waals surface area (Å²) in [6, 6.07) is 3.59. The van der Waals surface area contributed by atoms with Crippen LogP contribution in [0.15, 0.2) is 17.5 Å². The third-order valence-electron chi connectivity index (χ3n) is 3.65. The van der Waals surface area contributed by atoms with Crippen LogP contribution in [0.1, 0.15) is 22.5 Å². The van der Waals surface area contributed by atoms with Crippen molar-refractivity contribution in [1.82, 2.24) is 14.7 Å². The highest BCUT2D eigenvalue weighted by Gasteiger charge is 2.25. The Labute approximate surface area is 134 Å². The summed E-state index contributed by atoms with van der Waals surface area (Å²) in [5.74, 6) is 0.00614. The fourth-order valence-electron chi connectivity index (χ4n) is 2.37. The zero-order valence-electron chi connectivity index (χ0n) is 12.9. The van der Waals surface area contributed by atoms with Crippen molar-refractivity contribution in [3.05, 3.63) is 22.4 Å². The van der Waals surface area contributed by atoms with Crippen molar-refractivity contribution in [2.24, 2.45) is 0 Å². The van der Waals surface area contributed by atoms with Crippen molar-refractivity contribution in [3.63, 3.8) is 0 Å². The standard InChI is InChI=1S/C15H21N3O3S/c1-16(2)15(21)18-9-7-17(8-10-18)14(20)6-5-12(19)13-4-3-11-22-13/h3-4,11H,5-10H2,1-2H3. The van der Waals surface area contributed by atoms with Crippen molar-refractivity contribution in [2.45, 2.75) is 12.8 Å². The molecule has 2 rings (SSSR count). The van der Waals surface area contributed by atoms with Crippen LogP contribution in [-0.2, 0) is 4.79 Å². The lowest BCUT2D eigenvalue weighted by molar-refractivity contribution is -0.132. The number of carbonyl (C=O) groups excluding carboxylic acids is 3. The SMILES string of the molecule is CN(C)C(=O)N1CCN(C(=O)CCC(=O)c2cccs2)CC1. The van der Waals surface area contributed by atoms with Gasteiger partial charge in [0.1, 0.15) is 0 Å². The minimum absolute atomic E-state index is 0.0122. The molecule has 1 saturated heterocycles. The maximum absolute atomic E-state index is 12.1. The fourth-order valence-corrected chi connectivity index (χ4v) is 3.06. The van der Waals surface area contributed by atoms with E-state index in [0.29, 0.717) is 31.1 Å². The van der Waals surface area contributed by atoms with E-state index in [1.807, 2.05) is 11.4 Å². The maximum atomic E-state index is 12.1. The number of hydrogen-bond acceptors (Lipinski definition) is 4. The number of amides is 3. The van der Waals surface area contributed by atoms with Gasteiger partial charge in [-0.1, -0.05) is 6.07 Å². The summed E-state index contributed by atoms with van der Waals surface area (Å²) in [5, 5.41) is 1.86. The molecule has 0 radical (unpaired) electrons. The lowest BCUT2D eigenvalue weighted by Crippen LogP contribution is -2.52. The zero-order valence-corrected chi connectivity index (χ0v) is 13.8. The molecule has 0 atom stereocenters. The Morgan fingerprint density at radius 1 is 1.09 bits per heavy atom. The summed E-state index contributed by atoms with van der Waals surface area (Å²) in [4.78, 5) is 41.6. The van der Waals surface area contributed by atoms with Crippen molar-refractivity contribution in [1.29, 1.82) is 0 Å². The minimum Gasteiger partial charge on any atom is -0.339 e. The minimum atomic E-state index is -0.0278. The third-order valence-corrected chi connectivity index (χ3v) is 4.56. The lowest BCUT2D eigenvalue weighted by Gasteiger charge is -2.36. The summed E-state index contributed by atoms with van der Waals surface area (Å²) in [5.41, 5.74) is 0. The molecule has 0 saturated carbocycles. The van der Waals surface area contributed by atoms with Crippen LogP contribution in [0.3, 0.4) is 0 Å². The number of hydrogen-bond donors (Lipinski definition) is 0. The monoisotopic (exact) mass is 323 g/mol. The van der Waals surface area contributed by atoms with Crippen LogP contribution in [0.4, 0.5) is 4.79 Å². The Hall–Kier alpha value is -1.89. The van der Waals surface area contributed by atoms with Gasteiger partial charge in [0.05, 0.1) is 4.88 Å². The molecule has 1 aliphatic heterocycles. The second kappa shape index (κ2) is 7.40. The normalized spacial score (nSPS) is 14.8. The molecule has 2 heterocycles. The van der Waals surface area contributed by atoms with Crippen LogP contribution >= 0.6 is 11.3 Å². The fraction of sp³-hybridized carbons (Fsp3) is 0.533. The van der Waals surface area contributed by atoms with E-state index < -0.39 is 0 Å². The van der Waals surface area contributed by atoms with E-state index in [1.165, 1.54) is 16.2 Å². The number of piperazine rings is 1. The Kier molecular flexibility index (Phi) is 5.54. The smallest absolute Gasteiger partial charge is 0.319 e. The van der Waals surface area contributed by atoms with E-state index in [2.05, 4.69) is 0 Å². The first-order valence-electron chi connectivity index (χ1n) is 7.29. The molecule has 0 N–H and O–H groups in total. The van der Waals surface area contributed by atoms with Crippen molar-refractivity contribution >= 4 is 29.1 Å². The van der Waals surface area contributed by atoms with Crippen LogP contribution in [-0.4, -0.2) is 72.7 Å². The highest BCUT2D eigenvalue weighted by Crippen LogP contribution is 2.13. The van der Waals surface area contributed by atoms with Gasteiger partial charge >= 0.3 is 6.03 Å². The summed E-state index contributed by atoms with van der Waals surface area (Å²) in [7, 11) is 3.44. The topological polar surface area (TPSA) is 60.9 Å². The highest BCUT2D eigenvalue weighted by atomic mass is 32.1. The van der Waals surface area contributed by atoms with Crippen LogP contribution in [0.25, 0.3) is 0 Å². The van der Waals surface area contributed by atoms with Crippen molar-refractivity contribution in [3.8, 4) is 0 Å². The molecular formula is C15H21N3O3S. The second-order valence-electron chi connectivity index (χ2n) is 5.45. The molecule has 0 unspecified atom stereocenters. The second-order valence-corrected chi connectivity index (χ2v) is 6.39. The van der Waals surface area contributed by atoms with Crippen LogP contribution in [0.2, 0.25) is 0 Å². The largest absolute Gasteiger partial charge is 0.339 e. The van der Waals surface area contributed by atoms with Gasteiger partial charge in [-0.3, -0.25) is 9.59 Å². The van der Waals surface area contributed by atoms with E-state index in [0.717, 1.165) is 0 Å². The van der Waals surface area contributed by atoms with E-state index in [9.17, 15) is 14.4 Å². The molecule has 1 fully saturated rings. The van der Waals surface area contributed by atoms with Gasteiger partial charge in [0.25, 0.3) is 0 Å². The molecule has 1 aliphatic rings. The summed E-state index contributed by atoms with van der Waals surface area (Å²) < 4.78 is 0. The molecular weight excluding hydrogens is 302 g/mol. The summed E-state index contributed by atoms with van der Waals surface area (Å²) in [6.07, 6.45) is 0.481. The first kappa shape index (κ1) is 16.5. The van der Waals surface area contributed by atoms with Crippen LogP contribution in [0, 0.1) is 0 Å².